The summed E-state index contributed by atoms with van der Waals surface area (Å²) in [5.41, 5.74) is 1.55. The lowest BCUT2D eigenvalue weighted by Crippen LogP contribution is -2.20. The Morgan fingerprint density at radius 2 is 2.15 bits per heavy atom. The van der Waals surface area contributed by atoms with E-state index in [1.807, 2.05) is 0 Å². The zero-order chi connectivity index (χ0) is 18.5. The molecule has 2 heterocycles. The third-order valence-corrected chi connectivity index (χ3v) is 4.01. The maximum Gasteiger partial charge on any atom is 0.227 e. The number of aromatic amines is 1. The number of carbonyl (C=O) groups is 1. The van der Waals surface area contributed by atoms with Gasteiger partial charge < -0.3 is 5.32 Å². The number of amides is 1. The molecule has 1 aromatic carbocycles. The van der Waals surface area contributed by atoms with Gasteiger partial charge in [0.15, 0.2) is 11.6 Å². The van der Waals surface area contributed by atoms with Crippen LogP contribution in [0.2, 0.25) is 0 Å². The van der Waals surface area contributed by atoms with Gasteiger partial charge in [-0.05, 0) is 24.6 Å². The monoisotopic (exact) mass is 356 g/mol. The van der Waals surface area contributed by atoms with Crippen LogP contribution in [0.4, 0.5) is 4.39 Å². The normalized spacial score (nSPS) is 10.9. The van der Waals surface area contributed by atoms with Crippen molar-refractivity contribution in [1.29, 1.82) is 0 Å². The molecule has 0 radical (unpaired) electrons. The molecular formula is C18H21FN6O. The van der Waals surface area contributed by atoms with E-state index in [0.29, 0.717) is 35.1 Å². The zero-order valence-electron chi connectivity index (χ0n) is 14.8. The number of nitrogens with zero attached hydrogens (tertiary/aromatic N) is 4. The summed E-state index contributed by atoms with van der Waals surface area (Å²) in [6.07, 6.45) is 2.05. The number of carbonyl (C=O) groups excluding carboxylic acids is 1. The lowest BCUT2D eigenvalue weighted by atomic mass is 10.1. The molecular weight excluding hydrogens is 335 g/mol. The van der Waals surface area contributed by atoms with Crippen LogP contribution in [0.15, 0.2) is 30.3 Å². The molecule has 0 saturated heterocycles. The SMILES string of the molecule is CCCCn1nc(CC(=O)NC)nc1-c1cc(-c2ccccc2F)n[nH]1. The summed E-state index contributed by atoms with van der Waals surface area (Å²) in [6.45, 7) is 2.77. The van der Waals surface area contributed by atoms with E-state index in [9.17, 15) is 9.18 Å². The van der Waals surface area contributed by atoms with Crippen molar-refractivity contribution < 1.29 is 9.18 Å². The van der Waals surface area contributed by atoms with Gasteiger partial charge in [0.05, 0.1) is 12.1 Å². The minimum Gasteiger partial charge on any atom is -0.359 e. The van der Waals surface area contributed by atoms with Crippen LogP contribution in [-0.4, -0.2) is 37.9 Å². The second kappa shape index (κ2) is 7.90. The summed E-state index contributed by atoms with van der Waals surface area (Å²) in [5.74, 6) is 0.545. The summed E-state index contributed by atoms with van der Waals surface area (Å²) in [4.78, 5) is 16.1. The molecule has 3 rings (SSSR count). The maximum atomic E-state index is 14.0. The first-order valence-electron chi connectivity index (χ1n) is 8.57. The second-order valence-electron chi connectivity index (χ2n) is 5.92. The summed E-state index contributed by atoms with van der Waals surface area (Å²) in [5, 5.41) is 14.1. The molecule has 0 saturated carbocycles. The summed E-state index contributed by atoms with van der Waals surface area (Å²) < 4.78 is 15.8. The van der Waals surface area contributed by atoms with Gasteiger partial charge in [0.25, 0.3) is 0 Å². The van der Waals surface area contributed by atoms with Gasteiger partial charge in [0.1, 0.15) is 11.5 Å². The van der Waals surface area contributed by atoms with Crippen molar-refractivity contribution >= 4 is 5.91 Å². The van der Waals surface area contributed by atoms with Crippen LogP contribution in [0.5, 0.6) is 0 Å². The molecule has 136 valence electrons. The van der Waals surface area contributed by atoms with Gasteiger partial charge in [-0.1, -0.05) is 25.5 Å². The van der Waals surface area contributed by atoms with E-state index < -0.39 is 0 Å². The van der Waals surface area contributed by atoms with Gasteiger partial charge in [0.2, 0.25) is 5.91 Å². The van der Waals surface area contributed by atoms with Crippen LogP contribution < -0.4 is 5.32 Å². The standard InChI is InChI=1S/C18H21FN6O/c1-3-4-9-25-18(21-16(24-25)11-17(26)20-2)15-10-14(22-23-15)12-7-5-6-8-13(12)19/h5-8,10H,3-4,9,11H2,1-2H3,(H,20,26)(H,22,23). The van der Waals surface area contributed by atoms with Crippen molar-refractivity contribution in [2.75, 3.05) is 7.05 Å². The molecule has 0 aliphatic carbocycles. The second-order valence-corrected chi connectivity index (χ2v) is 5.92. The fourth-order valence-electron chi connectivity index (χ4n) is 2.60. The van der Waals surface area contributed by atoms with E-state index >= 15 is 0 Å². The minimum absolute atomic E-state index is 0.108. The molecule has 0 atom stereocenters. The Morgan fingerprint density at radius 1 is 1.35 bits per heavy atom. The van der Waals surface area contributed by atoms with Crippen LogP contribution in [-0.2, 0) is 17.8 Å². The van der Waals surface area contributed by atoms with Gasteiger partial charge in [-0.2, -0.15) is 10.2 Å². The summed E-state index contributed by atoms with van der Waals surface area (Å²) in [7, 11) is 1.58. The van der Waals surface area contributed by atoms with Gasteiger partial charge >= 0.3 is 0 Å². The van der Waals surface area contributed by atoms with Crippen molar-refractivity contribution in [3.8, 4) is 22.8 Å². The average Bonchev–Trinajstić information content (AvgIpc) is 3.27. The molecule has 0 aliphatic rings. The number of rotatable bonds is 7. The fourth-order valence-corrected chi connectivity index (χ4v) is 2.60. The van der Waals surface area contributed by atoms with Crippen molar-refractivity contribution in [1.82, 2.24) is 30.3 Å². The van der Waals surface area contributed by atoms with Crippen molar-refractivity contribution in [2.45, 2.75) is 32.7 Å². The Morgan fingerprint density at radius 3 is 2.88 bits per heavy atom. The number of nitrogens with one attached hydrogen (secondary N) is 2. The van der Waals surface area contributed by atoms with E-state index in [1.54, 1.807) is 36.0 Å². The molecule has 7 nitrogen and oxygen atoms in total. The summed E-state index contributed by atoms with van der Waals surface area (Å²) >= 11 is 0. The zero-order valence-corrected chi connectivity index (χ0v) is 14.8. The van der Waals surface area contributed by atoms with Gasteiger partial charge in [-0.3, -0.25) is 9.89 Å². The molecule has 26 heavy (non-hydrogen) atoms. The Labute approximate surface area is 150 Å². The predicted octanol–water partition coefficient (Wildman–Crippen LogP) is 2.56. The predicted molar refractivity (Wildman–Crippen MR) is 95.7 cm³/mol. The van der Waals surface area contributed by atoms with E-state index in [2.05, 4.69) is 32.5 Å². The van der Waals surface area contributed by atoms with Gasteiger partial charge in [0, 0.05) is 19.2 Å². The molecule has 0 fully saturated rings. The highest BCUT2D eigenvalue weighted by molar-refractivity contribution is 5.77. The Bertz CT molecular complexity index is 901. The molecule has 2 aromatic heterocycles. The minimum atomic E-state index is -0.335. The smallest absolute Gasteiger partial charge is 0.227 e. The first-order valence-corrected chi connectivity index (χ1v) is 8.57. The Hall–Kier alpha value is -3.03. The van der Waals surface area contributed by atoms with E-state index in [4.69, 9.17) is 0 Å². The quantitative estimate of drug-likeness (QED) is 0.681. The number of aromatic nitrogens is 5. The molecule has 0 spiro atoms. The van der Waals surface area contributed by atoms with Crippen LogP contribution in [0.25, 0.3) is 22.8 Å². The lowest BCUT2D eigenvalue weighted by molar-refractivity contribution is -0.120. The number of benzene rings is 1. The van der Waals surface area contributed by atoms with Crippen molar-refractivity contribution in [3.05, 3.63) is 42.0 Å². The fraction of sp³-hybridized carbons (Fsp3) is 0.333. The largest absolute Gasteiger partial charge is 0.359 e. The van der Waals surface area contributed by atoms with Crippen LogP contribution in [0.3, 0.4) is 0 Å². The van der Waals surface area contributed by atoms with E-state index in [0.717, 1.165) is 12.8 Å². The number of halogens is 1. The molecule has 0 unspecified atom stereocenters. The highest BCUT2D eigenvalue weighted by Gasteiger charge is 2.17. The Balaban J connectivity index is 1.94. The lowest BCUT2D eigenvalue weighted by Gasteiger charge is -2.02. The maximum absolute atomic E-state index is 14.0. The van der Waals surface area contributed by atoms with E-state index in [1.165, 1.54) is 6.07 Å². The molecule has 2 N–H and O–H groups in total. The van der Waals surface area contributed by atoms with Crippen molar-refractivity contribution in [3.63, 3.8) is 0 Å². The molecule has 3 aromatic rings. The molecule has 8 heteroatoms. The topological polar surface area (TPSA) is 88.5 Å². The van der Waals surface area contributed by atoms with Crippen LogP contribution in [0, 0.1) is 5.82 Å². The van der Waals surface area contributed by atoms with Crippen molar-refractivity contribution in [2.24, 2.45) is 0 Å². The third kappa shape index (κ3) is 3.79. The highest BCUT2D eigenvalue weighted by Crippen LogP contribution is 2.25. The number of hydrogen-bond acceptors (Lipinski definition) is 4. The number of hydrogen-bond donors (Lipinski definition) is 2. The third-order valence-electron chi connectivity index (χ3n) is 4.01. The van der Waals surface area contributed by atoms with Crippen LogP contribution in [0.1, 0.15) is 25.6 Å². The number of H-pyrrole nitrogens is 1. The molecule has 0 bridgehead atoms. The highest BCUT2D eigenvalue weighted by atomic mass is 19.1. The van der Waals surface area contributed by atoms with E-state index in [-0.39, 0.29) is 18.1 Å². The Kier molecular flexibility index (Phi) is 5.40. The number of aryl methyl sites for hydroxylation is 1. The summed E-state index contributed by atoms with van der Waals surface area (Å²) in [6, 6.07) is 8.22. The van der Waals surface area contributed by atoms with Crippen LogP contribution >= 0.6 is 0 Å². The molecule has 0 aliphatic heterocycles. The first kappa shape index (κ1) is 17.8. The average molecular weight is 356 g/mol. The first-order chi connectivity index (χ1) is 12.6. The van der Waals surface area contributed by atoms with Gasteiger partial charge in [-0.25, -0.2) is 14.1 Å². The molecule has 1 amide bonds. The van der Waals surface area contributed by atoms with Gasteiger partial charge in [-0.15, -0.1) is 0 Å². The number of likely N-dealkylation sites (N-methyl/N-ethyl adjacent to an activating group) is 1. The number of unbranched alkanes of at least 4 members (excludes halogenated alkanes) is 1.